The first-order valence-corrected chi connectivity index (χ1v) is 11.4. The third-order valence-electron chi connectivity index (χ3n) is 5.53. The molecule has 0 fully saturated rings. The van der Waals surface area contributed by atoms with Crippen molar-refractivity contribution in [2.24, 2.45) is 0 Å². The predicted molar refractivity (Wildman–Crippen MR) is 123 cm³/mol. The fourth-order valence-corrected chi connectivity index (χ4v) is 4.04. The largest absolute Gasteiger partial charge is 0.436 e. The van der Waals surface area contributed by atoms with Gasteiger partial charge in [0.25, 0.3) is 0 Å². The van der Waals surface area contributed by atoms with Gasteiger partial charge in [0, 0.05) is 12.3 Å². The third-order valence-corrected chi connectivity index (χ3v) is 5.98. The molecule has 7 nitrogen and oxygen atoms in total. The topological polar surface area (TPSA) is 85.0 Å². The molecule has 0 spiro atoms. The fourth-order valence-electron chi connectivity index (χ4n) is 3.81. The number of anilines is 1. The number of amides is 1. The lowest BCUT2D eigenvalue weighted by Crippen LogP contribution is -2.28. The minimum Gasteiger partial charge on any atom is -0.396 e. The zero-order valence-corrected chi connectivity index (χ0v) is 20.2. The van der Waals surface area contributed by atoms with E-state index in [1.165, 1.54) is 25.4 Å². The van der Waals surface area contributed by atoms with Gasteiger partial charge in [0.2, 0.25) is 5.91 Å². The molecule has 1 aromatic carbocycles. The van der Waals surface area contributed by atoms with Crippen molar-refractivity contribution in [1.82, 2.24) is 19.3 Å². The molecule has 0 radical (unpaired) electrons. The van der Waals surface area contributed by atoms with Gasteiger partial charge in [-0.3, -0.25) is 9.48 Å². The molecule has 1 unspecified atom stereocenters. The average Bonchev–Trinajstić information content (AvgIpc) is 3.33. The third kappa shape index (κ3) is 5.84. The molecule has 0 aliphatic carbocycles. The molecule has 3 aromatic rings. The number of aromatic nitrogens is 4. The number of carbonyl (C=O) groups excluding carboxylic acids is 1. The first-order valence-electron chi connectivity index (χ1n) is 11.0. The average molecular weight is 516 g/mol. The van der Waals surface area contributed by atoms with E-state index >= 15 is 0 Å². The smallest absolute Gasteiger partial charge is 0.396 e. The van der Waals surface area contributed by atoms with E-state index in [0.29, 0.717) is 24.2 Å². The van der Waals surface area contributed by atoms with Crippen LogP contribution in [0.15, 0.2) is 30.6 Å². The number of carbonyl (C=O) groups is 1. The Kier molecular flexibility index (Phi) is 8.22. The second-order valence-electron chi connectivity index (χ2n) is 8.39. The lowest BCUT2D eigenvalue weighted by Gasteiger charge is -2.20. The molecule has 2 N–H and O–H groups in total. The molecule has 35 heavy (non-hydrogen) atoms. The highest BCUT2D eigenvalue weighted by atomic mass is 35.5. The predicted octanol–water partition coefficient (Wildman–Crippen LogP) is 5.65. The zero-order chi connectivity index (χ0) is 25.9. The van der Waals surface area contributed by atoms with Gasteiger partial charge >= 0.3 is 6.18 Å². The van der Waals surface area contributed by atoms with Gasteiger partial charge in [-0.2, -0.15) is 18.3 Å². The van der Waals surface area contributed by atoms with Gasteiger partial charge in [-0.1, -0.05) is 25.4 Å². The summed E-state index contributed by atoms with van der Waals surface area (Å²) < 4.78 is 56.1. The monoisotopic (exact) mass is 515 g/mol. The molecule has 12 heteroatoms. The van der Waals surface area contributed by atoms with Gasteiger partial charge < -0.3 is 15.0 Å². The van der Waals surface area contributed by atoms with Crippen LogP contribution in [0.25, 0.3) is 5.69 Å². The first-order chi connectivity index (χ1) is 16.5. The lowest BCUT2D eigenvalue weighted by atomic mass is 10.1. The molecule has 2 heterocycles. The summed E-state index contributed by atoms with van der Waals surface area (Å²) in [5.74, 6) is -0.896. The molecular formula is C23H26ClF4N5O2. The van der Waals surface area contributed by atoms with Gasteiger partial charge in [-0.25, -0.2) is 9.37 Å². The second-order valence-corrected chi connectivity index (χ2v) is 8.77. The normalized spacial score (nSPS) is 12.9. The van der Waals surface area contributed by atoms with Crippen molar-refractivity contribution in [2.75, 3.05) is 11.9 Å². The maximum atomic E-state index is 13.4. The number of imidazole rings is 1. The molecule has 190 valence electrons. The van der Waals surface area contributed by atoms with E-state index in [-0.39, 0.29) is 30.5 Å². The van der Waals surface area contributed by atoms with Crippen molar-refractivity contribution in [3.05, 3.63) is 58.5 Å². The number of aliphatic hydroxyl groups is 1. The van der Waals surface area contributed by atoms with Crippen molar-refractivity contribution >= 4 is 23.3 Å². The molecule has 2 aromatic heterocycles. The number of aliphatic hydroxyl groups excluding tert-OH is 1. The summed E-state index contributed by atoms with van der Waals surface area (Å²) in [6.45, 7) is 5.01. The van der Waals surface area contributed by atoms with Crippen LogP contribution < -0.4 is 5.32 Å². The maximum absolute atomic E-state index is 13.4. The van der Waals surface area contributed by atoms with Gasteiger partial charge in [-0.05, 0) is 56.4 Å². The van der Waals surface area contributed by atoms with Crippen LogP contribution in [0.4, 0.5) is 23.4 Å². The Hall–Kier alpha value is -2.92. The summed E-state index contributed by atoms with van der Waals surface area (Å²) in [5.41, 5.74) is 0.00142. The van der Waals surface area contributed by atoms with Crippen molar-refractivity contribution < 1.29 is 27.5 Å². The molecule has 3 rings (SSSR count). The van der Waals surface area contributed by atoms with Crippen LogP contribution in [0.3, 0.4) is 0 Å². The van der Waals surface area contributed by atoms with Crippen LogP contribution in [0.1, 0.15) is 62.2 Å². The van der Waals surface area contributed by atoms with Crippen molar-refractivity contribution in [3.63, 3.8) is 0 Å². The highest BCUT2D eigenvalue weighted by Crippen LogP contribution is 2.37. The molecule has 0 bridgehead atoms. The lowest BCUT2D eigenvalue weighted by molar-refractivity contribution is -0.141. The Morgan fingerprint density at radius 1 is 1.20 bits per heavy atom. The maximum Gasteiger partial charge on any atom is 0.436 e. The van der Waals surface area contributed by atoms with E-state index in [9.17, 15) is 22.4 Å². The standard InChI is InChI=1S/C23H26ClF4N5O2/c1-13(2)19-21(29-12-32(19)16-9-7-15(25)8-10-16)30-22(35)17(6-4-5-11-34)33-14(3)18(24)20(31-33)23(26,27)28/h7-10,12-13,17,34H,4-6,11H2,1-3H3,(H,30,35). The van der Waals surface area contributed by atoms with Crippen molar-refractivity contribution in [2.45, 2.75) is 58.2 Å². The molecule has 1 amide bonds. The van der Waals surface area contributed by atoms with E-state index in [1.807, 2.05) is 13.8 Å². The summed E-state index contributed by atoms with van der Waals surface area (Å²) in [7, 11) is 0. The Bertz CT molecular complexity index is 1170. The number of nitrogens with one attached hydrogen (secondary N) is 1. The molecule has 0 saturated heterocycles. The van der Waals surface area contributed by atoms with Gasteiger partial charge in [0.05, 0.1) is 16.4 Å². The van der Waals surface area contributed by atoms with Crippen LogP contribution >= 0.6 is 11.6 Å². The molecule has 1 atom stereocenters. The van der Waals surface area contributed by atoms with E-state index in [0.717, 1.165) is 4.68 Å². The van der Waals surface area contributed by atoms with Gasteiger partial charge in [0.1, 0.15) is 18.2 Å². The highest BCUT2D eigenvalue weighted by molar-refractivity contribution is 6.32. The SMILES string of the molecule is Cc1c(Cl)c(C(F)(F)F)nn1C(CCCCO)C(=O)Nc1ncn(-c2ccc(F)cc2)c1C(C)C. The number of benzene rings is 1. The number of nitrogens with zero attached hydrogens (tertiary/aromatic N) is 4. The van der Waals surface area contributed by atoms with Crippen LogP contribution in [-0.4, -0.2) is 37.0 Å². The molecule has 0 aliphatic rings. The summed E-state index contributed by atoms with van der Waals surface area (Å²) in [4.78, 5) is 17.6. The second kappa shape index (κ2) is 10.8. The summed E-state index contributed by atoms with van der Waals surface area (Å²) in [5, 5.41) is 14.9. The van der Waals surface area contributed by atoms with Crippen molar-refractivity contribution in [1.29, 1.82) is 0 Å². The molecule has 0 saturated carbocycles. The molecular weight excluding hydrogens is 490 g/mol. The van der Waals surface area contributed by atoms with E-state index in [2.05, 4.69) is 15.4 Å². The summed E-state index contributed by atoms with van der Waals surface area (Å²) in [6, 6.07) is 4.63. The van der Waals surface area contributed by atoms with Gasteiger partial charge in [0.15, 0.2) is 11.5 Å². The Morgan fingerprint density at radius 2 is 1.86 bits per heavy atom. The summed E-state index contributed by atoms with van der Waals surface area (Å²) >= 11 is 5.90. The molecule has 0 aliphatic heterocycles. The number of unbranched alkanes of at least 4 members (excludes halogenated alkanes) is 1. The minimum atomic E-state index is -4.78. The van der Waals surface area contributed by atoms with Crippen LogP contribution in [0.5, 0.6) is 0 Å². The van der Waals surface area contributed by atoms with E-state index in [1.54, 1.807) is 16.7 Å². The van der Waals surface area contributed by atoms with E-state index < -0.39 is 34.7 Å². The van der Waals surface area contributed by atoms with Crippen molar-refractivity contribution in [3.8, 4) is 5.69 Å². The number of halogens is 5. The van der Waals surface area contributed by atoms with Gasteiger partial charge in [-0.15, -0.1) is 0 Å². The highest BCUT2D eigenvalue weighted by Gasteiger charge is 2.39. The van der Waals surface area contributed by atoms with Crippen LogP contribution in [0.2, 0.25) is 5.02 Å². The Labute approximate surface area is 204 Å². The summed E-state index contributed by atoms with van der Waals surface area (Å²) in [6.07, 6.45) is -2.44. The number of alkyl halides is 3. The zero-order valence-electron chi connectivity index (χ0n) is 19.4. The number of hydrogen-bond acceptors (Lipinski definition) is 4. The van der Waals surface area contributed by atoms with Crippen LogP contribution in [0, 0.1) is 12.7 Å². The number of hydrogen-bond donors (Lipinski definition) is 2. The first kappa shape index (κ1) is 26.7. The fraction of sp³-hybridized carbons (Fsp3) is 0.435. The quantitative estimate of drug-likeness (QED) is 0.285. The number of rotatable bonds is 9. The van der Waals surface area contributed by atoms with Crippen LogP contribution in [-0.2, 0) is 11.0 Å². The van der Waals surface area contributed by atoms with E-state index in [4.69, 9.17) is 16.7 Å². The minimum absolute atomic E-state index is 0.00376. The Morgan fingerprint density at radius 3 is 2.40 bits per heavy atom. The Balaban J connectivity index is 1.98.